The Balaban J connectivity index is 1.87. The Bertz CT molecular complexity index is 358. The third-order valence-electron chi connectivity index (χ3n) is 3.12. The molecule has 1 aromatic rings. The lowest BCUT2D eigenvalue weighted by atomic mass is 10.1. The van der Waals surface area contributed by atoms with Gasteiger partial charge >= 0.3 is 0 Å². The van der Waals surface area contributed by atoms with Crippen molar-refractivity contribution >= 4 is 17.4 Å². The van der Waals surface area contributed by atoms with E-state index in [1.807, 2.05) is 6.92 Å². The molecular formula is C11H17N3OS. The molecule has 0 spiro atoms. The van der Waals surface area contributed by atoms with Crippen LogP contribution in [0, 0.1) is 5.92 Å². The Morgan fingerprint density at radius 3 is 2.94 bits per heavy atom. The maximum absolute atomic E-state index is 11.9. The van der Waals surface area contributed by atoms with Crippen LogP contribution in [-0.4, -0.2) is 22.0 Å². The summed E-state index contributed by atoms with van der Waals surface area (Å²) in [6, 6.07) is 0. The van der Waals surface area contributed by atoms with E-state index in [1.54, 1.807) is 0 Å². The molecule has 1 saturated carbocycles. The summed E-state index contributed by atoms with van der Waals surface area (Å²) in [5, 5.41) is 6.94. The summed E-state index contributed by atoms with van der Waals surface area (Å²) in [6.45, 7) is 2.80. The fraction of sp³-hybridized carbons (Fsp3) is 0.727. The third kappa shape index (κ3) is 2.58. The van der Waals surface area contributed by atoms with E-state index in [0.29, 0.717) is 10.8 Å². The van der Waals surface area contributed by atoms with Crippen molar-refractivity contribution in [2.24, 2.45) is 5.92 Å². The highest BCUT2D eigenvalue weighted by atomic mass is 32.1. The highest BCUT2D eigenvalue weighted by molar-refractivity contribution is 7.08. The number of aryl methyl sites for hydroxylation is 1. The molecule has 0 bridgehead atoms. The average molecular weight is 239 g/mol. The Hall–Kier alpha value is -0.970. The van der Waals surface area contributed by atoms with Gasteiger partial charge in [-0.15, -0.1) is 5.10 Å². The molecule has 5 heteroatoms. The van der Waals surface area contributed by atoms with E-state index < -0.39 is 0 Å². The quantitative estimate of drug-likeness (QED) is 0.874. The monoisotopic (exact) mass is 239 g/mol. The van der Waals surface area contributed by atoms with Crippen molar-refractivity contribution in [2.75, 3.05) is 6.54 Å². The molecule has 1 aromatic heterocycles. The number of amides is 1. The number of nitrogens with zero attached hydrogens (tertiary/aromatic N) is 2. The van der Waals surface area contributed by atoms with Crippen molar-refractivity contribution in [1.82, 2.24) is 14.9 Å². The average Bonchev–Trinajstić information content (AvgIpc) is 2.96. The number of carbonyl (C=O) groups excluding carboxylic acids is 1. The zero-order chi connectivity index (χ0) is 11.4. The van der Waals surface area contributed by atoms with Crippen LogP contribution in [0.1, 0.15) is 48.0 Å². The first-order valence-electron chi connectivity index (χ1n) is 5.90. The lowest BCUT2D eigenvalue weighted by Gasteiger charge is -2.09. The number of hydrogen-bond acceptors (Lipinski definition) is 4. The normalized spacial score (nSPS) is 16.6. The SMILES string of the molecule is CCc1nnsc1C(=O)NCC1CCCC1. The Morgan fingerprint density at radius 1 is 1.50 bits per heavy atom. The molecule has 1 aliphatic carbocycles. The van der Waals surface area contributed by atoms with E-state index in [9.17, 15) is 4.79 Å². The molecule has 1 aliphatic rings. The van der Waals surface area contributed by atoms with Gasteiger partial charge in [0.15, 0.2) is 0 Å². The molecule has 2 rings (SSSR count). The van der Waals surface area contributed by atoms with Gasteiger partial charge in [-0.25, -0.2) is 0 Å². The van der Waals surface area contributed by atoms with Gasteiger partial charge in [0.05, 0.1) is 5.69 Å². The first-order valence-corrected chi connectivity index (χ1v) is 6.68. The lowest BCUT2D eigenvalue weighted by Crippen LogP contribution is -2.28. The maximum atomic E-state index is 11.9. The highest BCUT2D eigenvalue weighted by Crippen LogP contribution is 2.23. The molecule has 88 valence electrons. The summed E-state index contributed by atoms with van der Waals surface area (Å²) < 4.78 is 3.82. The van der Waals surface area contributed by atoms with Gasteiger partial charge in [0.1, 0.15) is 4.88 Å². The molecule has 1 amide bonds. The zero-order valence-electron chi connectivity index (χ0n) is 9.53. The highest BCUT2D eigenvalue weighted by Gasteiger charge is 2.18. The lowest BCUT2D eigenvalue weighted by molar-refractivity contribution is 0.0950. The van der Waals surface area contributed by atoms with Crippen LogP contribution in [0.4, 0.5) is 0 Å². The fourth-order valence-corrected chi connectivity index (χ4v) is 2.81. The predicted octanol–water partition coefficient (Wildman–Crippen LogP) is 2.02. The van der Waals surface area contributed by atoms with Crippen molar-refractivity contribution in [3.8, 4) is 0 Å². The van der Waals surface area contributed by atoms with Crippen LogP contribution in [-0.2, 0) is 6.42 Å². The second-order valence-corrected chi connectivity index (χ2v) is 5.02. The van der Waals surface area contributed by atoms with Crippen LogP contribution in [0.15, 0.2) is 0 Å². The maximum Gasteiger partial charge on any atom is 0.264 e. The van der Waals surface area contributed by atoms with Crippen molar-refractivity contribution < 1.29 is 4.79 Å². The molecule has 0 unspecified atom stereocenters. The van der Waals surface area contributed by atoms with Crippen LogP contribution in [0.3, 0.4) is 0 Å². The minimum Gasteiger partial charge on any atom is -0.351 e. The van der Waals surface area contributed by atoms with E-state index >= 15 is 0 Å². The molecule has 0 radical (unpaired) electrons. The Morgan fingerprint density at radius 2 is 2.25 bits per heavy atom. The zero-order valence-corrected chi connectivity index (χ0v) is 10.3. The summed E-state index contributed by atoms with van der Waals surface area (Å²) in [7, 11) is 0. The van der Waals surface area contributed by atoms with Crippen molar-refractivity contribution in [1.29, 1.82) is 0 Å². The topological polar surface area (TPSA) is 54.9 Å². The number of carbonyl (C=O) groups is 1. The molecule has 16 heavy (non-hydrogen) atoms. The smallest absolute Gasteiger partial charge is 0.264 e. The molecule has 1 heterocycles. The minimum absolute atomic E-state index is 0.00116. The number of aromatic nitrogens is 2. The fourth-order valence-electron chi connectivity index (χ4n) is 2.14. The van der Waals surface area contributed by atoms with Crippen LogP contribution in [0.2, 0.25) is 0 Å². The molecular weight excluding hydrogens is 222 g/mol. The molecule has 4 nitrogen and oxygen atoms in total. The number of rotatable bonds is 4. The van der Waals surface area contributed by atoms with Gasteiger partial charge in [0.25, 0.3) is 5.91 Å². The largest absolute Gasteiger partial charge is 0.351 e. The first-order chi connectivity index (χ1) is 7.81. The van der Waals surface area contributed by atoms with Crippen LogP contribution in [0.5, 0.6) is 0 Å². The van der Waals surface area contributed by atoms with Gasteiger partial charge in [-0.3, -0.25) is 4.79 Å². The Kier molecular flexibility index (Phi) is 3.88. The van der Waals surface area contributed by atoms with Gasteiger partial charge in [-0.05, 0) is 36.7 Å². The standard InChI is InChI=1S/C11H17N3OS/c1-2-9-10(16-14-13-9)11(15)12-7-8-5-3-4-6-8/h8H,2-7H2,1H3,(H,12,15). The summed E-state index contributed by atoms with van der Waals surface area (Å²) >= 11 is 1.19. The second-order valence-electron chi connectivity index (χ2n) is 4.26. The van der Waals surface area contributed by atoms with E-state index in [-0.39, 0.29) is 5.91 Å². The summed E-state index contributed by atoms with van der Waals surface area (Å²) in [4.78, 5) is 12.5. The van der Waals surface area contributed by atoms with Crippen molar-refractivity contribution in [3.05, 3.63) is 10.6 Å². The van der Waals surface area contributed by atoms with Gasteiger partial charge in [-0.1, -0.05) is 24.3 Å². The molecule has 0 aromatic carbocycles. The molecule has 0 atom stereocenters. The van der Waals surface area contributed by atoms with Crippen LogP contribution < -0.4 is 5.32 Å². The van der Waals surface area contributed by atoms with Crippen molar-refractivity contribution in [2.45, 2.75) is 39.0 Å². The Labute approximate surface area is 99.6 Å². The van der Waals surface area contributed by atoms with Gasteiger partial charge in [0.2, 0.25) is 0 Å². The summed E-state index contributed by atoms with van der Waals surface area (Å²) in [5.41, 5.74) is 0.814. The van der Waals surface area contributed by atoms with E-state index in [1.165, 1.54) is 37.2 Å². The predicted molar refractivity (Wildman–Crippen MR) is 63.6 cm³/mol. The number of nitrogens with one attached hydrogen (secondary N) is 1. The van der Waals surface area contributed by atoms with Crippen molar-refractivity contribution in [3.63, 3.8) is 0 Å². The van der Waals surface area contributed by atoms with E-state index in [0.717, 1.165) is 18.7 Å². The molecule has 0 saturated heterocycles. The first kappa shape index (κ1) is 11.5. The van der Waals surface area contributed by atoms with Gasteiger partial charge in [0, 0.05) is 6.54 Å². The third-order valence-corrected chi connectivity index (χ3v) is 3.89. The summed E-state index contributed by atoms with van der Waals surface area (Å²) in [6.07, 6.45) is 5.89. The molecule has 0 aliphatic heterocycles. The minimum atomic E-state index is -0.00116. The van der Waals surface area contributed by atoms with E-state index in [4.69, 9.17) is 0 Å². The van der Waals surface area contributed by atoms with Gasteiger partial charge in [-0.2, -0.15) is 0 Å². The number of hydrogen-bond donors (Lipinski definition) is 1. The van der Waals surface area contributed by atoms with E-state index in [2.05, 4.69) is 14.9 Å². The van der Waals surface area contributed by atoms with Crippen LogP contribution in [0.25, 0.3) is 0 Å². The summed E-state index contributed by atoms with van der Waals surface area (Å²) in [5.74, 6) is 0.675. The van der Waals surface area contributed by atoms with Crippen LogP contribution >= 0.6 is 11.5 Å². The van der Waals surface area contributed by atoms with Gasteiger partial charge < -0.3 is 5.32 Å². The molecule has 1 N–H and O–H groups in total. The second kappa shape index (κ2) is 5.39. The molecule has 1 fully saturated rings.